The highest BCUT2D eigenvalue weighted by Gasteiger charge is 2.30. The van der Waals surface area contributed by atoms with Crippen LogP contribution in [0.1, 0.15) is 43.2 Å². The summed E-state index contributed by atoms with van der Waals surface area (Å²) in [7, 11) is 0. The van der Waals surface area contributed by atoms with E-state index >= 15 is 0 Å². The molecule has 0 aliphatic carbocycles. The van der Waals surface area contributed by atoms with E-state index in [2.05, 4.69) is 31.9 Å². The standard InChI is InChI=1S/C13H17N5O/c1-3-10-7-12(15-8-14-10)18-6-4-5-11(18)13-16-9(2)19-17-13/h7-8,11H,3-6H2,1-2H3. The van der Waals surface area contributed by atoms with Gasteiger partial charge < -0.3 is 9.42 Å². The molecule has 1 fully saturated rings. The van der Waals surface area contributed by atoms with Gasteiger partial charge in [-0.3, -0.25) is 0 Å². The Kier molecular flexibility index (Phi) is 3.15. The van der Waals surface area contributed by atoms with E-state index in [1.165, 1.54) is 0 Å². The summed E-state index contributed by atoms with van der Waals surface area (Å²) in [5, 5.41) is 4.04. The molecule has 1 aliphatic heterocycles. The molecule has 0 saturated carbocycles. The van der Waals surface area contributed by atoms with Gasteiger partial charge in [0.25, 0.3) is 0 Å². The van der Waals surface area contributed by atoms with Gasteiger partial charge in [0.2, 0.25) is 5.89 Å². The molecule has 3 heterocycles. The van der Waals surface area contributed by atoms with Gasteiger partial charge in [-0.1, -0.05) is 12.1 Å². The molecule has 100 valence electrons. The van der Waals surface area contributed by atoms with Crippen molar-refractivity contribution >= 4 is 5.82 Å². The molecule has 6 heteroatoms. The summed E-state index contributed by atoms with van der Waals surface area (Å²) in [4.78, 5) is 15.2. The van der Waals surface area contributed by atoms with Crippen molar-refractivity contribution in [3.05, 3.63) is 29.8 Å². The Hall–Kier alpha value is -1.98. The number of aromatic nitrogens is 4. The van der Waals surface area contributed by atoms with Crippen molar-refractivity contribution in [2.75, 3.05) is 11.4 Å². The van der Waals surface area contributed by atoms with E-state index in [1.807, 2.05) is 13.0 Å². The van der Waals surface area contributed by atoms with Crippen molar-refractivity contribution in [3.63, 3.8) is 0 Å². The fourth-order valence-electron chi connectivity index (χ4n) is 2.50. The van der Waals surface area contributed by atoms with E-state index in [-0.39, 0.29) is 6.04 Å². The SMILES string of the molecule is CCc1cc(N2CCCC2c2noc(C)n2)ncn1. The van der Waals surface area contributed by atoms with Crippen LogP contribution >= 0.6 is 0 Å². The summed E-state index contributed by atoms with van der Waals surface area (Å²) in [5.74, 6) is 2.32. The Morgan fingerprint density at radius 3 is 3.05 bits per heavy atom. The molecule has 0 spiro atoms. The topological polar surface area (TPSA) is 67.9 Å². The number of nitrogens with zero attached hydrogens (tertiary/aromatic N) is 5. The first kappa shape index (κ1) is 12.1. The quantitative estimate of drug-likeness (QED) is 0.840. The lowest BCUT2D eigenvalue weighted by atomic mass is 10.2. The molecule has 1 saturated heterocycles. The van der Waals surface area contributed by atoms with Gasteiger partial charge in [0.15, 0.2) is 5.82 Å². The number of hydrogen-bond acceptors (Lipinski definition) is 6. The summed E-state index contributed by atoms with van der Waals surface area (Å²) >= 11 is 0. The van der Waals surface area contributed by atoms with Crippen molar-refractivity contribution in [3.8, 4) is 0 Å². The molecule has 1 atom stereocenters. The van der Waals surface area contributed by atoms with Crippen molar-refractivity contribution in [2.45, 2.75) is 39.2 Å². The molecule has 19 heavy (non-hydrogen) atoms. The van der Waals surface area contributed by atoms with Crippen LogP contribution in [-0.2, 0) is 6.42 Å². The summed E-state index contributed by atoms with van der Waals surface area (Å²) in [5.41, 5.74) is 1.06. The zero-order valence-corrected chi connectivity index (χ0v) is 11.2. The minimum Gasteiger partial charge on any atom is -0.346 e. The number of anilines is 1. The maximum atomic E-state index is 5.09. The van der Waals surface area contributed by atoms with E-state index in [0.29, 0.717) is 5.89 Å². The number of rotatable bonds is 3. The van der Waals surface area contributed by atoms with Gasteiger partial charge in [-0.2, -0.15) is 4.98 Å². The third-order valence-electron chi connectivity index (χ3n) is 3.46. The maximum absolute atomic E-state index is 5.09. The Labute approximate surface area is 111 Å². The van der Waals surface area contributed by atoms with E-state index in [1.54, 1.807) is 6.33 Å². The second kappa shape index (κ2) is 4.95. The second-order valence-electron chi connectivity index (χ2n) is 4.74. The first-order chi connectivity index (χ1) is 9.28. The lowest BCUT2D eigenvalue weighted by molar-refractivity contribution is 0.383. The number of aryl methyl sites for hydroxylation is 2. The normalized spacial score (nSPS) is 19.1. The first-order valence-electron chi connectivity index (χ1n) is 6.65. The van der Waals surface area contributed by atoms with Crippen LogP contribution in [0.2, 0.25) is 0 Å². The van der Waals surface area contributed by atoms with Crippen molar-refractivity contribution in [1.29, 1.82) is 0 Å². The third-order valence-corrected chi connectivity index (χ3v) is 3.46. The molecule has 0 aromatic carbocycles. The molecule has 1 unspecified atom stereocenters. The van der Waals surface area contributed by atoms with Crippen molar-refractivity contribution in [2.24, 2.45) is 0 Å². The largest absolute Gasteiger partial charge is 0.346 e. The highest BCUT2D eigenvalue weighted by molar-refractivity contribution is 5.42. The zero-order valence-electron chi connectivity index (χ0n) is 11.2. The Bertz CT molecular complexity index is 568. The Morgan fingerprint density at radius 1 is 1.42 bits per heavy atom. The highest BCUT2D eigenvalue weighted by Crippen LogP contribution is 2.33. The van der Waals surface area contributed by atoms with Gasteiger partial charge in [-0.05, 0) is 19.3 Å². The van der Waals surface area contributed by atoms with Crippen LogP contribution in [0.25, 0.3) is 0 Å². The molecule has 3 rings (SSSR count). The first-order valence-corrected chi connectivity index (χ1v) is 6.65. The van der Waals surface area contributed by atoms with E-state index in [4.69, 9.17) is 4.52 Å². The van der Waals surface area contributed by atoms with Gasteiger partial charge in [0, 0.05) is 25.2 Å². The maximum Gasteiger partial charge on any atom is 0.223 e. The van der Waals surface area contributed by atoms with Gasteiger partial charge in [-0.25, -0.2) is 9.97 Å². The highest BCUT2D eigenvalue weighted by atomic mass is 16.5. The lowest BCUT2D eigenvalue weighted by Gasteiger charge is -2.23. The van der Waals surface area contributed by atoms with Crippen LogP contribution in [0.5, 0.6) is 0 Å². The molecular weight excluding hydrogens is 242 g/mol. The van der Waals surface area contributed by atoms with Gasteiger partial charge in [0.05, 0.1) is 6.04 Å². The molecule has 0 radical (unpaired) electrons. The van der Waals surface area contributed by atoms with E-state index < -0.39 is 0 Å². The molecule has 0 amide bonds. The van der Waals surface area contributed by atoms with Crippen molar-refractivity contribution in [1.82, 2.24) is 20.1 Å². The Morgan fingerprint density at radius 2 is 2.32 bits per heavy atom. The number of hydrogen-bond donors (Lipinski definition) is 0. The smallest absolute Gasteiger partial charge is 0.223 e. The minimum atomic E-state index is 0.164. The molecular formula is C13H17N5O. The molecule has 2 aromatic rings. The third kappa shape index (κ3) is 2.30. The summed E-state index contributed by atoms with van der Waals surface area (Å²) in [6.45, 7) is 4.88. The molecule has 6 nitrogen and oxygen atoms in total. The van der Waals surface area contributed by atoms with Crippen LogP contribution < -0.4 is 4.90 Å². The van der Waals surface area contributed by atoms with Gasteiger partial charge in [-0.15, -0.1) is 0 Å². The van der Waals surface area contributed by atoms with Gasteiger partial charge >= 0.3 is 0 Å². The van der Waals surface area contributed by atoms with Crippen LogP contribution in [-0.4, -0.2) is 26.7 Å². The molecule has 0 N–H and O–H groups in total. The van der Waals surface area contributed by atoms with E-state index in [0.717, 1.165) is 43.1 Å². The molecule has 0 bridgehead atoms. The average molecular weight is 259 g/mol. The zero-order chi connectivity index (χ0) is 13.2. The summed E-state index contributed by atoms with van der Waals surface area (Å²) < 4.78 is 5.09. The summed E-state index contributed by atoms with van der Waals surface area (Å²) in [6, 6.07) is 2.21. The second-order valence-corrected chi connectivity index (χ2v) is 4.74. The summed E-state index contributed by atoms with van der Waals surface area (Å²) in [6.07, 6.45) is 4.69. The van der Waals surface area contributed by atoms with Gasteiger partial charge in [0.1, 0.15) is 12.1 Å². The predicted octanol–water partition coefficient (Wildman–Crippen LogP) is 2.07. The fraction of sp³-hybridized carbons (Fsp3) is 0.538. The van der Waals surface area contributed by atoms with Crippen LogP contribution in [0.3, 0.4) is 0 Å². The predicted molar refractivity (Wildman–Crippen MR) is 69.8 cm³/mol. The molecule has 1 aliphatic rings. The van der Waals surface area contributed by atoms with Crippen LogP contribution in [0.15, 0.2) is 16.9 Å². The van der Waals surface area contributed by atoms with E-state index in [9.17, 15) is 0 Å². The molecule has 2 aromatic heterocycles. The average Bonchev–Trinajstić information content (AvgIpc) is 3.07. The Balaban J connectivity index is 1.90. The van der Waals surface area contributed by atoms with Crippen LogP contribution in [0.4, 0.5) is 5.82 Å². The van der Waals surface area contributed by atoms with Crippen LogP contribution in [0, 0.1) is 6.92 Å². The lowest BCUT2D eigenvalue weighted by Crippen LogP contribution is -2.24. The van der Waals surface area contributed by atoms with Crippen molar-refractivity contribution < 1.29 is 4.52 Å². The minimum absolute atomic E-state index is 0.164. The monoisotopic (exact) mass is 259 g/mol. The fourth-order valence-corrected chi connectivity index (χ4v) is 2.50.